The molecule has 0 unspecified atom stereocenters. The van der Waals surface area contributed by atoms with E-state index in [-0.39, 0.29) is 16.2 Å². The van der Waals surface area contributed by atoms with E-state index in [2.05, 4.69) is 10.9 Å². The highest BCUT2D eigenvalue weighted by molar-refractivity contribution is 8.00. The Labute approximate surface area is 164 Å². The van der Waals surface area contributed by atoms with Crippen LogP contribution < -0.4 is 16.0 Å². The molecule has 0 aliphatic heterocycles. The molecule has 0 radical (unpaired) electrons. The highest BCUT2D eigenvalue weighted by atomic mass is 35.5. The molecule has 0 aromatic heterocycles. The first-order chi connectivity index (χ1) is 12.2. The monoisotopic (exact) mass is 433 g/mol. The number of carbonyl (C=O) groups excluding carboxylic acids is 2. The van der Waals surface area contributed by atoms with Gasteiger partial charge in [0.15, 0.2) is 0 Å². The third-order valence-corrected chi connectivity index (χ3v) is 5.67. The van der Waals surface area contributed by atoms with Crippen molar-refractivity contribution < 1.29 is 18.0 Å². The second kappa shape index (κ2) is 8.74. The maximum Gasteiger partial charge on any atom is 0.269 e. The first-order valence-corrected chi connectivity index (χ1v) is 10.3. The van der Waals surface area contributed by atoms with Crippen LogP contribution in [0.4, 0.5) is 0 Å². The van der Waals surface area contributed by atoms with Crippen LogP contribution in [0, 0.1) is 0 Å². The maximum atomic E-state index is 11.9. The smallest absolute Gasteiger partial charge is 0.269 e. The molecule has 0 fully saturated rings. The molecule has 0 saturated heterocycles. The lowest BCUT2D eigenvalue weighted by molar-refractivity contribution is -0.119. The molecule has 26 heavy (non-hydrogen) atoms. The summed E-state index contributed by atoms with van der Waals surface area (Å²) >= 11 is 13.0. The summed E-state index contributed by atoms with van der Waals surface area (Å²) in [4.78, 5) is 24.3. The Balaban J connectivity index is 1.86. The van der Waals surface area contributed by atoms with Crippen molar-refractivity contribution in [3.63, 3.8) is 0 Å². The largest absolute Gasteiger partial charge is 0.272 e. The normalized spacial score (nSPS) is 11.0. The summed E-state index contributed by atoms with van der Waals surface area (Å²) in [7, 11) is -3.84. The third-order valence-electron chi connectivity index (χ3n) is 3.01. The van der Waals surface area contributed by atoms with Crippen molar-refractivity contribution in [1.29, 1.82) is 0 Å². The van der Waals surface area contributed by atoms with Crippen molar-refractivity contribution in [3.8, 4) is 0 Å². The number of rotatable bonds is 5. The molecule has 0 aliphatic carbocycles. The first-order valence-electron chi connectivity index (χ1n) is 6.97. The second-order valence-electron chi connectivity index (χ2n) is 4.94. The molecule has 7 nitrogen and oxygen atoms in total. The minimum Gasteiger partial charge on any atom is -0.272 e. The van der Waals surface area contributed by atoms with Crippen molar-refractivity contribution in [2.24, 2.45) is 5.14 Å². The lowest BCUT2D eigenvalue weighted by Gasteiger charge is -2.08. The predicted molar refractivity (Wildman–Crippen MR) is 101 cm³/mol. The van der Waals surface area contributed by atoms with E-state index < -0.39 is 21.8 Å². The Bertz CT molecular complexity index is 934. The Morgan fingerprint density at radius 1 is 1.04 bits per heavy atom. The minimum absolute atomic E-state index is 0.00466. The molecule has 0 saturated carbocycles. The molecule has 0 heterocycles. The van der Waals surface area contributed by atoms with Crippen molar-refractivity contribution >= 4 is 56.8 Å². The van der Waals surface area contributed by atoms with Gasteiger partial charge < -0.3 is 0 Å². The molecular weight excluding hydrogens is 421 g/mol. The third kappa shape index (κ3) is 5.89. The van der Waals surface area contributed by atoms with E-state index >= 15 is 0 Å². The number of nitrogens with one attached hydrogen (secondary N) is 2. The van der Waals surface area contributed by atoms with Gasteiger partial charge >= 0.3 is 0 Å². The number of hydrogen-bond donors (Lipinski definition) is 3. The fraction of sp³-hybridized carbons (Fsp3) is 0.0667. The zero-order valence-electron chi connectivity index (χ0n) is 13.0. The molecule has 2 aromatic rings. The molecule has 0 spiro atoms. The van der Waals surface area contributed by atoms with Crippen LogP contribution in [-0.2, 0) is 14.8 Å². The molecular formula is C15H13Cl2N3O4S2. The second-order valence-corrected chi connectivity index (χ2v) is 8.36. The highest BCUT2D eigenvalue weighted by Gasteiger charge is 2.12. The molecule has 2 aromatic carbocycles. The number of nitrogens with two attached hydrogens (primary N) is 1. The number of amides is 2. The number of carbonyl (C=O) groups is 2. The van der Waals surface area contributed by atoms with Gasteiger partial charge in [0.2, 0.25) is 15.9 Å². The number of primary sulfonamides is 1. The van der Waals surface area contributed by atoms with Crippen molar-refractivity contribution in [2.45, 2.75) is 9.79 Å². The average Bonchev–Trinajstić information content (AvgIpc) is 2.59. The van der Waals surface area contributed by atoms with Crippen LogP contribution in [0.25, 0.3) is 0 Å². The number of benzene rings is 2. The standard InChI is InChI=1S/C15H13Cl2N3O4S2/c16-10-3-6-12(17)13(7-10)25-8-14(21)19-20-15(22)9-1-4-11(5-2-9)26(18,23)24/h1-7H,8H2,(H,19,21)(H,20,22)(H2,18,23,24). The molecule has 0 bridgehead atoms. The Kier molecular flexibility index (Phi) is 6.90. The number of thioether (sulfide) groups is 1. The van der Waals surface area contributed by atoms with Crippen LogP contribution >= 0.6 is 35.0 Å². The number of hydrogen-bond acceptors (Lipinski definition) is 5. The van der Waals surface area contributed by atoms with E-state index in [1.54, 1.807) is 18.2 Å². The summed E-state index contributed by atoms with van der Waals surface area (Å²) in [5, 5.41) is 5.94. The Hall–Kier alpha value is -1.78. The van der Waals surface area contributed by atoms with E-state index in [1.165, 1.54) is 24.3 Å². The van der Waals surface area contributed by atoms with Crippen molar-refractivity contribution in [1.82, 2.24) is 10.9 Å². The number of hydrazine groups is 1. The van der Waals surface area contributed by atoms with Crippen LogP contribution in [0.5, 0.6) is 0 Å². The zero-order chi connectivity index (χ0) is 19.3. The van der Waals surface area contributed by atoms with E-state index in [0.29, 0.717) is 14.9 Å². The zero-order valence-corrected chi connectivity index (χ0v) is 16.2. The van der Waals surface area contributed by atoms with Crippen molar-refractivity contribution in [2.75, 3.05) is 5.75 Å². The van der Waals surface area contributed by atoms with Gasteiger partial charge in [-0.25, -0.2) is 13.6 Å². The van der Waals surface area contributed by atoms with Gasteiger partial charge in [0.25, 0.3) is 5.91 Å². The van der Waals surface area contributed by atoms with Gasteiger partial charge in [-0.15, -0.1) is 11.8 Å². The van der Waals surface area contributed by atoms with Gasteiger partial charge in [-0.3, -0.25) is 20.4 Å². The number of sulfonamides is 1. The topological polar surface area (TPSA) is 118 Å². The lowest BCUT2D eigenvalue weighted by Crippen LogP contribution is -2.42. The summed E-state index contributed by atoms with van der Waals surface area (Å²) < 4.78 is 22.3. The van der Waals surface area contributed by atoms with E-state index in [0.717, 1.165) is 11.8 Å². The van der Waals surface area contributed by atoms with Gasteiger partial charge in [-0.05, 0) is 42.5 Å². The van der Waals surface area contributed by atoms with Gasteiger partial charge in [-0.2, -0.15) is 0 Å². The van der Waals surface area contributed by atoms with Gasteiger partial charge in [0.05, 0.1) is 15.7 Å². The quantitative estimate of drug-likeness (QED) is 0.493. The fourth-order valence-electron chi connectivity index (χ4n) is 1.76. The van der Waals surface area contributed by atoms with Crippen LogP contribution in [0.2, 0.25) is 10.0 Å². The minimum atomic E-state index is -3.84. The Morgan fingerprint density at radius 2 is 1.69 bits per heavy atom. The van der Waals surface area contributed by atoms with E-state index in [4.69, 9.17) is 28.3 Å². The summed E-state index contributed by atoms with van der Waals surface area (Å²) in [6, 6.07) is 9.84. The van der Waals surface area contributed by atoms with E-state index in [1.807, 2.05) is 0 Å². The van der Waals surface area contributed by atoms with Gasteiger partial charge in [-0.1, -0.05) is 23.2 Å². The highest BCUT2D eigenvalue weighted by Crippen LogP contribution is 2.29. The summed E-state index contributed by atoms with van der Waals surface area (Å²) in [6.07, 6.45) is 0. The van der Waals surface area contributed by atoms with Gasteiger partial charge in [0, 0.05) is 15.5 Å². The molecule has 2 amide bonds. The van der Waals surface area contributed by atoms with Crippen LogP contribution in [0.1, 0.15) is 10.4 Å². The summed E-state index contributed by atoms with van der Waals surface area (Å²) in [5.41, 5.74) is 4.64. The molecule has 4 N–H and O–H groups in total. The molecule has 11 heteroatoms. The molecule has 2 rings (SSSR count). The molecule has 0 atom stereocenters. The fourth-order valence-corrected chi connectivity index (χ4v) is 3.57. The summed E-state index contributed by atoms with van der Waals surface area (Å²) in [5.74, 6) is -1.06. The number of halogens is 2. The summed E-state index contributed by atoms with van der Waals surface area (Å²) in [6.45, 7) is 0. The molecule has 138 valence electrons. The van der Waals surface area contributed by atoms with Crippen molar-refractivity contribution in [3.05, 3.63) is 58.1 Å². The van der Waals surface area contributed by atoms with E-state index in [9.17, 15) is 18.0 Å². The van der Waals surface area contributed by atoms with Crippen LogP contribution in [-0.4, -0.2) is 26.0 Å². The molecule has 0 aliphatic rings. The predicted octanol–water partition coefficient (Wildman–Crippen LogP) is 2.19. The van der Waals surface area contributed by atoms with Crippen LogP contribution in [0.3, 0.4) is 0 Å². The average molecular weight is 434 g/mol. The first kappa shape index (κ1) is 20.5. The lowest BCUT2D eigenvalue weighted by atomic mass is 10.2. The SMILES string of the molecule is NS(=O)(=O)c1ccc(C(=O)NNC(=O)CSc2cc(Cl)ccc2Cl)cc1. The van der Waals surface area contributed by atoms with Gasteiger partial charge in [0.1, 0.15) is 0 Å². The Morgan fingerprint density at radius 3 is 2.31 bits per heavy atom. The van der Waals surface area contributed by atoms with Crippen LogP contribution in [0.15, 0.2) is 52.3 Å². The maximum absolute atomic E-state index is 11.9.